The van der Waals surface area contributed by atoms with Gasteiger partial charge in [-0.3, -0.25) is 4.79 Å². The predicted molar refractivity (Wildman–Crippen MR) is 79.2 cm³/mol. The summed E-state index contributed by atoms with van der Waals surface area (Å²) < 4.78 is 5.56. The molecule has 0 aliphatic carbocycles. The van der Waals surface area contributed by atoms with E-state index in [0.29, 0.717) is 12.0 Å². The minimum absolute atomic E-state index is 0.0167. The van der Waals surface area contributed by atoms with Crippen molar-refractivity contribution >= 4 is 16.7 Å². The van der Waals surface area contributed by atoms with Crippen molar-refractivity contribution in [3.63, 3.8) is 0 Å². The predicted octanol–water partition coefficient (Wildman–Crippen LogP) is 3.06. The molecule has 0 atom stereocenters. The molecule has 0 spiro atoms. The van der Waals surface area contributed by atoms with Gasteiger partial charge in [-0.05, 0) is 39.8 Å². The smallest absolute Gasteiger partial charge is 0.191 e. The highest BCUT2D eigenvalue weighted by Crippen LogP contribution is 2.25. The number of pyridine rings is 1. The van der Waals surface area contributed by atoms with Gasteiger partial charge in [0.25, 0.3) is 0 Å². The van der Waals surface area contributed by atoms with Gasteiger partial charge in [0, 0.05) is 23.1 Å². The first-order chi connectivity index (χ1) is 9.02. The van der Waals surface area contributed by atoms with Crippen LogP contribution in [0, 0.1) is 6.92 Å². The minimum Gasteiger partial charge on any atom is -0.494 e. The summed E-state index contributed by atoms with van der Waals surface area (Å²) in [5.41, 5.74) is 1.81. The van der Waals surface area contributed by atoms with E-state index in [0.717, 1.165) is 22.6 Å². The first-order valence-electron chi connectivity index (χ1n) is 6.59. The van der Waals surface area contributed by atoms with Gasteiger partial charge in [-0.15, -0.1) is 0 Å². The average molecular weight is 260 g/mol. The summed E-state index contributed by atoms with van der Waals surface area (Å²) >= 11 is 0. The molecule has 0 bridgehead atoms. The molecule has 4 heteroatoms. The van der Waals surface area contributed by atoms with Gasteiger partial charge in [0.05, 0.1) is 12.1 Å². The van der Waals surface area contributed by atoms with E-state index in [-0.39, 0.29) is 11.5 Å². The molecule has 0 radical (unpaired) electrons. The molecule has 4 nitrogen and oxygen atoms in total. The van der Waals surface area contributed by atoms with Gasteiger partial charge in [0.2, 0.25) is 0 Å². The first-order valence-corrected chi connectivity index (χ1v) is 6.59. The van der Waals surface area contributed by atoms with Crippen LogP contribution in [0.4, 0.5) is 5.82 Å². The fourth-order valence-electron chi connectivity index (χ4n) is 2.14. The number of aryl methyl sites for hydroxylation is 1. The van der Waals surface area contributed by atoms with Crippen LogP contribution in [0.15, 0.2) is 23.0 Å². The molecule has 102 valence electrons. The Morgan fingerprint density at radius 1 is 1.37 bits per heavy atom. The van der Waals surface area contributed by atoms with Crippen LogP contribution in [0.3, 0.4) is 0 Å². The van der Waals surface area contributed by atoms with Crippen molar-refractivity contribution in [2.45, 2.75) is 33.7 Å². The third-order valence-electron chi connectivity index (χ3n) is 2.96. The number of rotatable bonds is 4. The highest BCUT2D eigenvalue weighted by atomic mass is 16.5. The van der Waals surface area contributed by atoms with Gasteiger partial charge < -0.3 is 15.0 Å². The van der Waals surface area contributed by atoms with Crippen LogP contribution >= 0.6 is 0 Å². The lowest BCUT2D eigenvalue weighted by Crippen LogP contribution is -2.14. The largest absolute Gasteiger partial charge is 0.494 e. The standard InChI is InChI=1S/C15H20N2O2/c1-5-19-13-7-6-11-12(18)8-14(16-9(2)3)17-15(11)10(13)4/h6-9H,5H2,1-4H3,(H2,16,17,18). The maximum atomic E-state index is 12.1. The van der Waals surface area contributed by atoms with E-state index in [2.05, 4.69) is 10.3 Å². The Hall–Kier alpha value is -1.97. The van der Waals surface area contributed by atoms with Crippen molar-refractivity contribution in [1.29, 1.82) is 0 Å². The molecule has 0 aliphatic heterocycles. The molecule has 0 fully saturated rings. The molecule has 0 unspecified atom stereocenters. The van der Waals surface area contributed by atoms with Crippen molar-refractivity contribution in [2.24, 2.45) is 0 Å². The molecule has 0 amide bonds. The summed E-state index contributed by atoms with van der Waals surface area (Å²) in [5.74, 6) is 1.55. The number of benzene rings is 1. The Morgan fingerprint density at radius 3 is 2.74 bits per heavy atom. The average Bonchev–Trinajstić information content (AvgIpc) is 2.33. The SMILES string of the molecule is CCOc1ccc2c(=O)cc(NC(C)C)[nH]c2c1C. The fraction of sp³-hybridized carbons (Fsp3) is 0.400. The molecule has 2 rings (SSSR count). The molecule has 0 saturated carbocycles. The van der Waals surface area contributed by atoms with E-state index < -0.39 is 0 Å². The quantitative estimate of drug-likeness (QED) is 0.888. The lowest BCUT2D eigenvalue weighted by atomic mass is 10.1. The van der Waals surface area contributed by atoms with Crippen LogP contribution in [0.5, 0.6) is 5.75 Å². The number of H-pyrrole nitrogens is 1. The van der Waals surface area contributed by atoms with E-state index in [1.54, 1.807) is 6.07 Å². The summed E-state index contributed by atoms with van der Waals surface area (Å²) in [7, 11) is 0. The number of aromatic amines is 1. The van der Waals surface area contributed by atoms with E-state index in [9.17, 15) is 4.79 Å². The number of aromatic nitrogens is 1. The third-order valence-corrected chi connectivity index (χ3v) is 2.96. The highest BCUT2D eigenvalue weighted by Gasteiger charge is 2.09. The summed E-state index contributed by atoms with van der Waals surface area (Å²) in [6, 6.07) is 5.53. The summed E-state index contributed by atoms with van der Waals surface area (Å²) in [5, 5.41) is 3.91. The van der Waals surface area contributed by atoms with Gasteiger partial charge in [0.1, 0.15) is 11.6 Å². The number of anilines is 1. The zero-order valence-electron chi connectivity index (χ0n) is 11.8. The zero-order valence-corrected chi connectivity index (χ0v) is 11.8. The Morgan fingerprint density at radius 2 is 2.11 bits per heavy atom. The molecule has 2 aromatic rings. The second-order valence-corrected chi connectivity index (χ2v) is 4.89. The van der Waals surface area contributed by atoms with Crippen molar-refractivity contribution < 1.29 is 4.74 Å². The van der Waals surface area contributed by atoms with Crippen molar-refractivity contribution in [3.8, 4) is 5.75 Å². The zero-order chi connectivity index (χ0) is 14.0. The second kappa shape index (κ2) is 5.34. The molecule has 2 N–H and O–H groups in total. The van der Waals surface area contributed by atoms with E-state index >= 15 is 0 Å². The molecule has 0 saturated heterocycles. The van der Waals surface area contributed by atoms with Crippen LogP contribution in [-0.4, -0.2) is 17.6 Å². The van der Waals surface area contributed by atoms with Gasteiger partial charge in [0.15, 0.2) is 5.43 Å². The monoisotopic (exact) mass is 260 g/mol. The fourth-order valence-corrected chi connectivity index (χ4v) is 2.14. The van der Waals surface area contributed by atoms with Gasteiger partial charge >= 0.3 is 0 Å². The van der Waals surface area contributed by atoms with Crippen LogP contribution in [0.2, 0.25) is 0 Å². The maximum absolute atomic E-state index is 12.1. The molecular formula is C15H20N2O2. The van der Waals surface area contributed by atoms with Crippen molar-refractivity contribution in [1.82, 2.24) is 4.98 Å². The molecule has 1 aromatic carbocycles. The Balaban J connectivity index is 2.62. The van der Waals surface area contributed by atoms with Crippen LogP contribution in [-0.2, 0) is 0 Å². The lowest BCUT2D eigenvalue weighted by Gasteiger charge is -2.13. The Kier molecular flexibility index (Phi) is 3.79. The first kappa shape index (κ1) is 13.5. The van der Waals surface area contributed by atoms with Crippen LogP contribution in [0.25, 0.3) is 10.9 Å². The maximum Gasteiger partial charge on any atom is 0.191 e. The van der Waals surface area contributed by atoms with Gasteiger partial charge in [-0.25, -0.2) is 0 Å². The minimum atomic E-state index is 0.0167. The number of hydrogen-bond acceptors (Lipinski definition) is 3. The summed E-state index contributed by atoms with van der Waals surface area (Å²) in [6.07, 6.45) is 0. The Labute approximate surface area is 112 Å². The molecule has 1 aromatic heterocycles. The summed E-state index contributed by atoms with van der Waals surface area (Å²) in [6.45, 7) is 8.59. The second-order valence-electron chi connectivity index (χ2n) is 4.89. The number of hydrogen-bond donors (Lipinski definition) is 2. The summed E-state index contributed by atoms with van der Waals surface area (Å²) in [4.78, 5) is 15.4. The topological polar surface area (TPSA) is 54.1 Å². The van der Waals surface area contributed by atoms with E-state index in [1.165, 1.54) is 0 Å². The van der Waals surface area contributed by atoms with E-state index in [1.807, 2.05) is 39.8 Å². The number of nitrogens with one attached hydrogen (secondary N) is 2. The molecular weight excluding hydrogens is 240 g/mol. The molecule has 1 heterocycles. The van der Waals surface area contributed by atoms with Crippen molar-refractivity contribution in [2.75, 3.05) is 11.9 Å². The molecule has 0 aliphatic rings. The van der Waals surface area contributed by atoms with Crippen LogP contribution in [0.1, 0.15) is 26.3 Å². The normalized spacial score (nSPS) is 11.0. The molecule has 19 heavy (non-hydrogen) atoms. The third kappa shape index (κ3) is 2.72. The lowest BCUT2D eigenvalue weighted by molar-refractivity contribution is 0.338. The van der Waals surface area contributed by atoms with E-state index in [4.69, 9.17) is 4.74 Å². The Bertz CT molecular complexity index is 644. The number of fused-ring (bicyclic) bond motifs is 1. The van der Waals surface area contributed by atoms with Crippen molar-refractivity contribution in [3.05, 3.63) is 34.0 Å². The van der Waals surface area contributed by atoms with Gasteiger partial charge in [-0.1, -0.05) is 0 Å². The highest BCUT2D eigenvalue weighted by molar-refractivity contribution is 5.85. The van der Waals surface area contributed by atoms with Crippen LogP contribution < -0.4 is 15.5 Å². The number of ether oxygens (including phenoxy) is 1. The van der Waals surface area contributed by atoms with Gasteiger partial charge in [-0.2, -0.15) is 0 Å².